The predicted molar refractivity (Wildman–Crippen MR) is 234 cm³/mol. The average molecular weight is 866 g/mol. The molecule has 1 aliphatic heterocycles. The molecule has 1 aliphatic rings. The number of aryl methyl sites for hydroxylation is 1. The normalized spacial score (nSPS) is 17.2. The Hall–Kier alpha value is -4.90. The Morgan fingerprint density at radius 2 is 1.82 bits per heavy atom. The highest BCUT2D eigenvalue weighted by Gasteiger charge is 2.39. The van der Waals surface area contributed by atoms with Crippen LogP contribution < -0.4 is 16.4 Å². The minimum Gasteiger partial charge on any atom is -0.481 e. The van der Waals surface area contributed by atoms with Crippen molar-refractivity contribution < 1.29 is 33.8 Å². The molecule has 0 spiro atoms. The lowest BCUT2D eigenvalue weighted by molar-refractivity contribution is -0.150. The van der Waals surface area contributed by atoms with Crippen molar-refractivity contribution in [1.29, 1.82) is 0 Å². The first kappa shape index (κ1) is 48.8. The first-order valence-electron chi connectivity index (χ1n) is 21.6. The number of anilines is 1. The number of nitrogens with one attached hydrogen (secondary N) is 3. The van der Waals surface area contributed by atoms with E-state index in [0.29, 0.717) is 42.9 Å². The van der Waals surface area contributed by atoms with E-state index in [1.807, 2.05) is 51.8 Å². The molecule has 0 bridgehead atoms. The molecule has 3 amide bonds. The summed E-state index contributed by atoms with van der Waals surface area (Å²) in [6.45, 7) is 13.8. The summed E-state index contributed by atoms with van der Waals surface area (Å²) in [5, 5.41) is 28.7. The van der Waals surface area contributed by atoms with Gasteiger partial charge in [0, 0.05) is 49.2 Å². The van der Waals surface area contributed by atoms with E-state index in [-0.39, 0.29) is 48.2 Å². The number of carbonyl (C=O) groups excluding carboxylic acids is 4. The highest BCUT2D eigenvalue weighted by molar-refractivity contribution is 7.09. The number of piperidine rings is 1. The van der Waals surface area contributed by atoms with Crippen molar-refractivity contribution in [3.05, 3.63) is 57.8 Å². The summed E-state index contributed by atoms with van der Waals surface area (Å²) in [5.74, 6) is -2.64. The molecule has 6 N–H and O–H groups in total. The molecule has 3 heterocycles. The number of unbranched alkanes of at least 4 members (excludes halogenated alkanes) is 1. The number of likely N-dealkylation sites (tertiary alicyclic amines) is 1. The third-order valence-electron chi connectivity index (χ3n) is 11.8. The SMILES string of the molecule is CC[C@H](C)[C@H](NC(=O)[C@H]1CCCCN1C)C(=O)N(CCCCc1c[nH]nn1)[C@H](C[C@@H](OC(C)=O)c1nc(C(=O)N[C@@H](Cc2ccc(N)cc2)CC(C)(C)C(=O)O)cs1)C(C)C. The number of nitrogens with two attached hydrogens (primary N) is 1. The average Bonchev–Trinajstić information content (AvgIpc) is 3.92. The molecular weight excluding hydrogens is 799 g/mol. The van der Waals surface area contributed by atoms with Gasteiger partial charge in [-0.15, -0.1) is 16.4 Å². The van der Waals surface area contributed by atoms with Crippen molar-refractivity contribution in [3.63, 3.8) is 0 Å². The Morgan fingerprint density at radius 3 is 2.43 bits per heavy atom. The van der Waals surface area contributed by atoms with Gasteiger partial charge in [-0.25, -0.2) is 4.98 Å². The zero-order valence-electron chi connectivity index (χ0n) is 37.1. The maximum absolute atomic E-state index is 15.0. The van der Waals surface area contributed by atoms with Crippen LogP contribution in [0.1, 0.15) is 133 Å². The van der Waals surface area contributed by atoms with Crippen LogP contribution in [-0.4, -0.2) is 109 Å². The summed E-state index contributed by atoms with van der Waals surface area (Å²) < 4.78 is 5.93. The van der Waals surface area contributed by atoms with Gasteiger partial charge in [-0.05, 0) is 102 Å². The molecule has 6 atom stereocenters. The van der Waals surface area contributed by atoms with Crippen LogP contribution in [0.25, 0.3) is 0 Å². The van der Waals surface area contributed by atoms with E-state index >= 15 is 0 Å². The fraction of sp³-hybridized carbons (Fsp3) is 0.636. The lowest BCUT2D eigenvalue weighted by atomic mass is 9.84. The fourth-order valence-corrected chi connectivity index (χ4v) is 8.73. The summed E-state index contributed by atoms with van der Waals surface area (Å²) in [4.78, 5) is 76.0. The monoisotopic (exact) mass is 865 g/mol. The summed E-state index contributed by atoms with van der Waals surface area (Å²) in [5.41, 5.74) is 7.14. The molecule has 0 aliphatic carbocycles. The number of ether oxygens (including phenoxy) is 1. The van der Waals surface area contributed by atoms with Crippen LogP contribution in [0.2, 0.25) is 0 Å². The van der Waals surface area contributed by atoms with Gasteiger partial charge in [0.15, 0.2) is 6.10 Å². The van der Waals surface area contributed by atoms with E-state index in [1.165, 1.54) is 18.3 Å². The van der Waals surface area contributed by atoms with Crippen molar-refractivity contribution in [2.75, 3.05) is 25.9 Å². The minimum atomic E-state index is -1.13. The molecule has 17 heteroatoms. The number of aromatic amines is 1. The largest absolute Gasteiger partial charge is 0.481 e. The van der Waals surface area contributed by atoms with E-state index in [2.05, 4.69) is 35.9 Å². The van der Waals surface area contributed by atoms with Crippen LogP contribution in [0.15, 0.2) is 35.8 Å². The highest BCUT2D eigenvalue weighted by atomic mass is 32.1. The predicted octanol–water partition coefficient (Wildman–Crippen LogP) is 5.57. The Bertz CT molecular complexity index is 1880. The van der Waals surface area contributed by atoms with Crippen LogP contribution >= 0.6 is 11.3 Å². The number of aromatic nitrogens is 4. The minimum absolute atomic E-state index is 0.0988. The van der Waals surface area contributed by atoms with Gasteiger partial charge < -0.3 is 31.1 Å². The first-order valence-corrected chi connectivity index (χ1v) is 22.5. The zero-order chi connectivity index (χ0) is 44.9. The molecule has 0 unspecified atom stereocenters. The topological polar surface area (TPSA) is 226 Å². The van der Waals surface area contributed by atoms with E-state index in [9.17, 15) is 29.1 Å². The maximum atomic E-state index is 15.0. The standard InChI is InChI=1S/C44H67N9O7S/c1-9-28(4)38(49-40(56)35-15-11-12-20-52(35)8)42(57)53(21-13-10-14-32-25-46-51-50-32)36(27(2)3)23-37(60-29(5)54)41-48-34(26-61-41)39(55)47-33(24-44(6,7)43(58)59)22-30-16-18-31(45)19-17-30/h16-19,25-28,33,35-38H,9-15,20-24,45H2,1-8H3,(H,47,55)(H,49,56)(H,58,59)(H,46,50,51)/t28-,33-,35+,36+,37+,38-/m0/s1. The second-order valence-electron chi connectivity index (χ2n) is 17.5. The van der Waals surface area contributed by atoms with Crippen LogP contribution in [0.4, 0.5) is 5.69 Å². The Balaban J connectivity index is 1.62. The number of benzene rings is 1. The second kappa shape index (κ2) is 22.8. The van der Waals surface area contributed by atoms with Gasteiger partial charge in [-0.2, -0.15) is 0 Å². The number of esters is 1. The third kappa shape index (κ3) is 14.3. The van der Waals surface area contributed by atoms with Crippen LogP contribution in [0.3, 0.4) is 0 Å². The van der Waals surface area contributed by atoms with Crippen molar-refractivity contribution in [2.45, 2.75) is 143 Å². The van der Waals surface area contributed by atoms with E-state index < -0.39 is 47.5 Å². The van der Waals surface area contributed by atoms with Crippen molar-refractivity contribution in [3.8, 4) is 0 Å². The second-order valence-corrected chi connectivity index (χ2v) is 18.4. The van der Waals surface area contributed by atoms with Gasteiger partial charge in [0.25, 0.3) is 5.91 Å². The lowest BCUT2D eigenvalue weighted by Gasteiger charge is -2.40. The van der Waals surface area contributed by atoms with Gasteiger partial charge in [0.05, 0.1) is 17.2 Å². The van der Waals surface area contributed by atoms with E-state index in [1.54, 1.807) is 37.6 Å². The third-order valence-corrected chi connectivity index (χ3v) is 12.7. The number of hydrogen-bond acceptors (Lipinski definition) is 12. The Labute approximate surface area is 364 Å². The molecule has 0 saturated carbocycles. The van der Waals surface area contributed by atoms with Crippen LogP contribution in [0, 0.1) is 17.3 Å². The molecule has 4 rings (SSSR count). The molecule has 0 radical (unpaired) electrons. The summed E-state index contributed by atoms with van der Waals surface area (Å²) in [6, 6.07) is 5.11. The molecular formula is C44H67N9O7S. The number of likely N-dealkylation sites (N-methyl/N-ethyl adjacent to an activating group) is 1. The van der Waals surface area contributed by atoms with Crippen molar-refractivity contribution in [1.82, 2.24) is 40.8 Å². The number of amides is 3. The Kier molecular flexibility index (Phi) is 18.2. The van der Waals surface area contributed by atoms with Gasteiger partial charge in [-0.1, -0.05) is 57.9 Å². The molecule has 1 aromatic carbocycles. The molecule has 2 aromatic heterocycles. The van der Waals surface area contributed by atoms with Crippen LogP contribution in [0.5, 0.6) is 0 Å². The van der Waals surface area contributed by atoms with E-state index in [0.717, 1.165) is 43.5 Å². The van der Waals surface area contributed by atoms with Crippen LogP contribution in [-0.2, 0) is 36.8 Å². The maximum Gasteiger partial charge on any atom is 0.309 e. The molecule has 1 saturated heterocycles. The van der Waals surface area contributed by atoms with Gasteiger partial charge in [0.2, 0.25) is 11.8 Å². The lowest BCUT2D eigenvalue weighted by Crippen LogP contribution is -2.59. The number of H-pyrrole nitrogens is 1. The number of aliphatic carboxylic acids is 1. The summed E-state index contributed by atoms with van der Waals surface area (Å²) >= 11 is 1.17. The molecule has 1 fully saturated rings. The van der Waals surface area contributed by atoms with E-state index in [4.69, 9.17) is 10.5 Å². The summed E-state index contributed by atoms with van der Waals surface area (Å²) in [7, 11) is 1.95. The van der Waals surface area contributed by atoms with Crippen molar-refractivity contribution >= 4 is 46.7 Å². The highest BCUT2D eigenvalue weighted by Crippen LogP contribution is 2.32. The quantitative estimate of drug-likeness (QED) is 0.0448. The molecule has 336 valence electrons. The number of carboxylic acid groups (broad SMARTS) is 1. The number of carbonyl (C=O) groups is 5. The number of nitrogens with zero attached hydrogens (tertiary/aromatic N) is 5. The fourth-order valence-electron chi connectivity index (χ4n) is 7.89. The smallest absolute Gasteiger partial charge is 0.309 e. The number of rotatable bonds is 23. The van der Waals surface area contributed by atoms with Gasteiger partial charge in [0.1, 0.15) is 16.7 Å². The first-order chi connectivity index (χ1) is 28.9. The van der Waals surface area contributed by atoms with Gasteiger partial charge in [-0.3, -0.25) is 34.0 Å². The Morgan fingerprint density at radius 1 is 1.10 bits per heavy atom. The molecule has 61 heavy (non-hydrogen) atoms. The number of thiazole rings is 1. The molecule has 16 nitrogen and oxygen atoms in total. The van der Waals surface area contributed by atoms with Gasteiger partial charge >= 0.3 is 11.9 Å². The summed E-state index contributed by atoms with van der Waals surface area (Å²) in [6.07, 6.45) is 6.97. The number of nitrogen functional groups attached to an aromatic ring is 1. The zero-order valence-corrected chi connectivity index (χ0v) is 37.9. The molecule has 3 aromatic rings. The van der Waals surface area contributed by atoms with Crippen molar-refractivity contribution in [2.24, 2.45) is 17.3 Å². The number of carboxylic acids is 1. The number of hydrogen-bond donors (Lipinski definition) is 5.